The summed E-state index contributed by atoms with van der Waals surface area (Å²) in [5.41, 5.74) is 1.80. The molecule has 0 aliphatic carbocycles. The minimum Gasteiger partial charge on any atom is -0.493 e. The van der Waals surface area contributed by atoms with E-state index >= 15 is 0 Å². The van der Waals surface area contributed by atoms with Gasteiger partial charge in [-0.3, -0.25) is 9.69 Å². The number of amidine groups is 1. The molecule has 1 fully saturated rings. The Labute approximate surface area is 225 Å². The molecule has 200 valence electrons. The molecule has 0 unspecified atom stereocenters. The monoisotopic (exact) mass is 544 g/mol. The molecule has 0 spiro atoms. The predicted octanol–water partition coefficient (Wildman–Crippen LogP) is 6.29. The summed E-state index contributed by atoms with van der Waals surface area (Å²) >= 11 is 1.06. The summed E-state index contributed by atoms with van der Waals surface area (Å²) in [5.74, 6) is 0.956. The molecular weight excluding hydrogens is 508 g/mol. The lowest BCUT2D eigenvalue weighted by Crippen LogP contribution is -2.29. The Kier molecular flexibility index (Phi) is 10.6. The zero-order valence-electron chi connectivity index (χ0n) is 22.0. The number of ether oxygens (including phenoxy) is 2. The maximum atomic E-state index is 13.1. The van der Waals surface area contributed by atoms with Gasteiger partial charge in [-0.15, -0.1) is 4.40 Å². The molecule has 9 heteroatoms. The van der Waals surface area contributed by atoms with E-state index in [1.807, 2.05) is 19.1 Å². The Balaban J connectivity index is 1.80. The van der Waals surface area contributed by atoms with Crippen LogP contribution < -0.4 is 9.47 Å². The van der Waals surface area contributed by atoms with Gasteiger partial charge in [0.15, 0.2) is 16.7 Å². The standard InChI is InChI=1S/C28H36N2O5S2/c1-5-8-9-10-11-18-35-25-19-22(14-17-24(25)34-4)20-26-27(31)30(7-3)28(36-26)29-37(32,33)23-15-12-21(6-2)13-16-23/h12-17,19-20H,5-11,18H2,1-4H3/b26-20-,29-28+. The molecule has 0 saturated carbocycles. The molecule has 2 aromatic rings. The number of sulfonamides is 1. The predicted molar refractivity (Wildman–Crippen MR) is 151 cm³/mol. The number of carbonyl (C=O) groups excluding carboxylic acids is 1. The Morgan fingerprint density at radius 1 is 0.973 bits per heavy atom. The zero-order chi connectivity index (χ0) is 26.8. The molecule has 0 bridgehead atoms. The Morgan fingerprint density at radius 3 is 2.35 bits per heavy atom. The number of thioether (sulfide) groups is 1. The van der Waals surface area contributed by atoms with Crippen LogP contribution in [-0.4, -0.2) is 44.7 Å². The molecule has 1 amide bonds. The fourth-order valence-corrected chi connectivity index (χ4v) is 6.09. The van der Waals surface area contributed by atoms with Crippen molar-refractivity contribution in [3.63, 3.8) is 0 Å². The highest BCUT2D eigenvalue weighted by Crippen LogP contribution is 2.35. The summed E-state index contributed by atoms with van der Waals surface area (Å²) in [6, 6.07) is 12.1. The lowest BCUT2D eigenvalue weighted by atomic mass is 10.1. The number of rotatable bonds is 13. The molecule has 1 aliphatic heterocycles. The van der Waals surface area contributed by atoms with Crippen LogP contribution in [0.4, 0.5) is 0 Å². The first-order valence-corrected chi connectivity index (χ1v) is 15.0. The van der Waals surface area contributed by atoms with E-state index in [9.17, 15) is 13.2 Å². The summed E-state index contributed by atoms with van der Waals surface area (Å²) < 4.78 is 41.3. The number of nitrogens with zero attached hydrogens (tertiary/aromatic N) is 2. The van der Waals surface area contributed by atoms with E-state index in [0.29, 0.717) is 29.6 Å². The van der Waals surface area contributed by atoms with Crippen molar-refractivity contribution in [2.24, 2.45) is 4.40 Å². The van der Waals surface area contributed by atoms with Gasteiger partial charge < -0.3 is 9.47 Å². The van der Waals surface area contributed by atoms with E-state index in [-0.39, 0.29) is 16.0 Å². The van der Waals surface area contributed by atoms with Gasteiger partial charge in [0, 0.05) is 6.54 Å². The van der Waals surface area contributed by atoms with Crippen LogP contribution in [0.15, 0.2) is 56.7 Å². The van der Waals surface area contributed by atoms with Crippen molar-refractivity contribution in [1.82, 2.24) is 4.90 Å². The number of carbonyl (C=O) groups is 1. The molecule has 3 rings (SSSR count). The van der Waals surface area contributed by atoms with Crippen molar-refractivity contribution in [2.45, 2.75) is 64.2 Å². The third-order valence-corrected chi connectivity index (χ3v) is 8.43. The molecule has 0 aromatic heterocycles. The molecule has 7 nitrogen and oxygen atoms in total. The fraction of sp³-hybridized carbons (Fsp3) is 0.429. The van der Waals surface area contributed by atoms with Crippen LogP contribution in [0.25, 0.3) is 6.08 Å². The van der Waals surface area contributed by atoms with Crippen LogP contribution in [0.5, 0.6) is 11.5 Å². The zero-order valence-corrected chi connectivity index (χ0v) is 23.7. The van der Waals surface area contributed by atoms with Gasteiger partial charge in [-0.2, -0.15) is 8.42 Å². The normalized spacial score (nSPS) is 16.1. The van der Waals surface area contributed by atoms with Crippen LogP contribution in [0.3, 0.4) is 0 Å². The first-order chi connectivity index (χ1) is 17.8. The van der Waals surface area contributed by atoms with Gasteiger partial charge in [-0.25, -0.2) is 0 Å². The van der Waals surface area contributed by atoms with Gasteiger partial charge in [0.05, 0.1) is 23.5 Å². The summed E-state index contributed by atoms with van der Waals surface area (Å²) in [7, 11) is -2.36. The Bertz CT molecular complexity index is 1240. The SMILES string of the molecule is CCCCCCCOc1cc(/C=C2\S/C(=N/S(=O)(=O)c3ccc(CC)cc3)N(CC)C2=O)ccc1OC. The molecule has 2 aromatic carbocycles. The van der Waals surface area contributed by atoms with Crippen LogP contribution in [0, 0.1) is 0 Å². The average molecular weight is 545 g/mol. The highest BCUT2D eigenvalue weighted by atomic mass is 32.2. The van der Waals surface area contributed by atoms with E-state index in [4.69, 9.17) is 9.47 Å². The second-order valence-electron chi connectivity index (χ2n) is 8.68. The van der Waals surface area contributed by atoms with Gasteiger partial charge >= 0.3 is 0 Å². The topological polar surface area (TPSA) is 85.3 Å². The van der Waals surface area contributed by atoms with E-state index in [1.165, 1.54) is 24.2 Å². The molecule has 37 heavy (non-hydrogen) atoms. The van der Waals surface area contributed by atoms with Crippen LogP contribution in [-0.2, 0) is 21.2 Å². The molecule has 1 saturated heterocycles. The number of benzene rings is 2. The summed E-state index contributed by atoms with van der Waals surface area (Å²) in [4.78, 5) is 14.9. The molecule has 0 atom stereocenters. The van der Waals surface area contributed by atoms with E-state index in [0.717, 1.165) is 42.2 Å². The van der Waals surface area contributed by atoms with E-state index < -0.39 is 10.0 Å². The molecule has 0 N–H and O–H groups in total. The van der Waals surface area contributed by atoms with Crippen LogP contribution in [0.2, 0.25) is 0 Å². The lowest BCUT2D eigenvalue weighted by Gasteiger charge is -2.12. The Hall–Kier alpha value is -2.78. The maximum absolute atomic E-state index is 13.1. The maximum Gasteiger partial charge on any atom is 0.284 e. The van der Waals surface area contributed by atoms with Crippen LogP contribution >= 0.6 is 11.8 Å². The van der Waals surface area contributed by atoms with Crippen molar-refractivity contribution in [3.05, 3.63) is 58.5 Å². The largest absolute Gasteiger partial charge is 0.493 e. The van der Waals surface area contributed by atoms with Crippen molar-refractivity contribution in [3.8, 4) is 11.5 Å². The van der Waals surface area contributed by atoms with E-state index in [1.54, 1.807) is 50.4 Å². The minimum absolute atomic E-state index is 0.102. The lowest BCUT2D eigenvalue weighted by molar-refractivity contribution is -0.122. The molecule has 1 aliphatic rings. The number of hydrogen-bond donors (Lipinski definition) is 0. The Morgan fingerprint density at radius 2 is 1.70 bits per heavy atom. The van der Waals surface area contributed by atoms with Gasteiger partial charge in [-0.05, 0) is 73.0 Å². The number of hydrogen-bond acceptors (Lipinski definition) is 6. The molecule has 1 heterocycles. The first-order valence-electron chi connectivity index (χ1n) is 12.8. The number of unbranched alkanes of at least 4 members (excludes halogenated alkanes) is 4. The van der Waals surface area contributed by atoms with Gasteiger partial charge in [-0.1, -0.05) is 57.7 Å². The number of likely N-dealkylation sites (N-methyl/N-ethyl adjacent to an activating group) is 1. The smallest absolute Gasteiger partial charge is 0.284 e. The summed E-state index contributed by atoms with van der Waals surface area (Å²) in [6.07, 6.45) is 8.24. The molecular formula is C28H36N2O5S2. The average Bonchev–Trinajstić information content (AvgIpc) is 3.18. The van der Waals surface area contributed by atoms with Crippen molar-refractivity contribution in [1.29, 1.82) is 0 Å². The highest BCUT2D eigenvalue weighted by Gasteiger charge is 2.34. The highest BCUT2D eigenvalue weighted by molar-refractivity contribution is 8.19. The third kappa shape index (κ3) is 7.61. The first kappa shape index (κ1) is 28.8. The summed E-state index contributed by atoms with van der Waals surface area (Å²) in [5, 5.41) is 0.149. The number of aryl methyl sites for hydroxylation is 1. The second-order valence-corrected chi connectivity index (χ2v) is 11.3. The van der Waals surface area contributed by atoms with Gasteiger partial charge in [0.1, 0.15) is 0 Å². The van der Waals surface area contributed by atoms with Gasteiger partial charge in [0.25, 0.3) is 15.9 Å². The van der Waals surface area contributed by atoms with Crippen molar-refractivity contribution in [2.75, 3.05) is 20.3 Å². The number of methoxy groups -OCH3 is 1. The third-order valence-electron chi connectivity index (χ3n) is 6.02. The van der Waals surface area contributed by atoms with Crippen molar-refractivity contribution < 1.29 is 22.7 Å². The van der Waals surface area contributed by atoms with Crippen molar-refractivity contribution >= 4 is 38.9 Å². The van der Waals surface area contributed by atoms with Crippen LogP contribution in [0.1, 0.15) is 64.0 Å². The number of amides is 1. The second kappa shape index (κ2) is 13.7. The quantitative estimate of drug-likeness (QED) is 0.218. The summed E-state index contributed by atoms with van der Waals surface area (Å²) in [6.45, 7) is 6.88. The fourth-order valence-electron chi connectivity index (χ4n) is 3.84. The van der Waals surface area contributed by atoms with E-state index in [2.05, 4.69) is 11.3 Å². The van der Waals surface area contributed by atoms with Gasteiger partial charge in [0.2, 0.25) is 0 Å². The molecule has 0 radical (unpaired) electrons. The minimum atomic E-state index is -3.96.